The summed E-state index contributed by atoms with van der Waals surface area (Å²) in [6, 6.07) is 0. The van der Waals surface area contributed by atoms with E-state index in [4.69, 9.17) is 0 Å². The smallest absolute Gasteiger partial charge is 0.171 e. The fourth-order valence-electron chi connectivity index (χ4n) is 7.01. The van der Waals surface area contributed by atoms with Crippen LogP contribution in [0.5, 0.6) is 0 Å². The summed E-state index contributed by atoms with van der Waals surface area (Å²) in [7, 11) is 0. The van der Waals surface area contributed by atoms with Crippen molar-refractivity contribution < 1.29 is 15.0 Å². The van der Waals surface area contributed by atoms with E-state index in [9.17, 15) is 15.0 Å². The molecular weight excluding hydrogens is 492 g/mol. The first-order valence-corrected chi connectivity index (χ1v) is 14.8. The molecule has 5 atom stereocenters. The van der Waals surface area contributed by atoms with Crippen LogP contribution in [0.3, 0.4) is 0 Å². The van der Waals surface area contributed by atoms with Crippen molar-refractivity contribution in [3.8, 4) is 0 Å². The molecule has 0 radical (unpaired) electrons. The molecule has 3 heteroatoms. The lowest BCUT2D eigenvalue weighted by atomic mass is 9.79. The molecule has 5 unspecified atom stereocenters. The molecule has 0 bridgehead atoms. The minimum atomic E-state index is -1.25. The van der Waals surface area contributed by atoms with Crippen LogP contribution >= 0.6 is 0 Å². The fraction of sp³-hybridized carbons (Fsp3) is 0.432. The number of hydrogen-bond donors (Lipinski definition) is 2. The first-order valence-electron chi connectivity index (χ1n) is 14.8. The predicted molar refractivity (Wildman–Crippen MR) is 164 cm³/mol. The van der Waals surface area contributed by atoms with Gasteiger partial charge in [0.25, 0.3) is 0 Å². The van der Waals surface area contributed by atoms with E-state index in [2.05, 4.69) is 110 Å². The highest BCUT2D eigenvalue weighted by atomic mass is 16.3. The first-order chi connectivity index (χ1) is 18.9. The minimum Gasteiger partial charge on any atom is -0.391 e. The molecule has 0 spiro atoms. The normalized spacial score (nSPS) is 36.6. The largest absolute Gasteiger partial charge is 0.391 e. The molecule has 5 rings (SSSR count). The lowest BCUT2D eigenvalue weighted by Crippen LogP contribution is -2.29. The Kier molecular flexibility index (Phi) is 7.67. The zero-order valence-corrected chi connectivity index (χ0v) is 25.2. The third-order valence-corrected chi connectivity index (χ3v) is 9.31. The summed E-state index contributed by atoms with van der Waals surface area (Å²) < 4.78 is 0. The Bertz CT molecular complexity index is 1450. The highest BCUT2D eigenvalue weighted by molar-refractivity contribution is 5.93. The van der Waals surface area contributed by atoms with Crippen molar-refractivity contribution in [2.24, 2.45) is 29.6 Å². The summed E-state index contributed by atoms with van der Waals surface area (Å²) in [5.74, 6) is -0.968. The van der Waals surface area contributed by atoms with Gasteiger partial charge in [-0.25, -0.2) is 0 Å². The second-order valence-corrected chi connectivity index (χ2v) is 12.9. The quantitative estimate of drug-likeness (QED) is 0.389. The van der Waals surface area contributed by atoms with E-state index in [0.717, 1.165) is 45.4 Å². The van der Waals surface area contributed by atoms with Crippen LogP contribution in [-0.4, -0.2) is 28.2 Å². The summed E-state index contributed by atoms with van der Waals surface area (Å²) in [4.78, 5) is 13.8. The maximum atomic E-state index is 13.8. The third kappa shape index (κ3) is 4.88. The van der Waals surface area contributed by atoms with Gasteiger partial charge >= 0.3 is 0 Å². The molecule has 2 N–H and O–H groups in total. The highest BCUT2D eigenvalue weighted by Gasteiger charge is 2.54. The van der Waals surface area contributed by atoms with E-state index in [1.54, 1.807) is 0 Å². The number of carbonyl (C=O) groups is 1. The lowest BCUT2D eigenvalue weighted by molar-refractivity contribution is -0.127. The van der Waals surface area contributed by atoms with Crippen molar-refractivity contribution >= 4 is 5.78 Å². The van der Waals surface area contributed by atoms with Gasteiger partial charge in [0.05, 0.1) is 12.0 Å². The number of fused-ring (bicyclic) bond motifs is 2. The Morgan fingerprint density at radius 3 is 2.17 bits per heavy atom. The van der Waals surface area contributed by atoms with E-state index in [1.165, 1.54) is 22.3 Å². The van der Waals surface area contributed by atoms with Crippen LogP contribution in [-0.2, 0) is 4.79 Å². The Balaban J connectivity index is 1.51. The first kappa shape index (κ1) is 28.5. The maximum Gasteiger partial charge on any atom is 0.171 e. The summed E-state index contributed by atoms with van der Waals surface area (Å²) in [6.07, 6.45) is 18.2. The van der Waals surface area contributed by atoms with Crippen molar-refractivity contribution in [1.82, 2.24) is 0 Å². The average Bonchev–Trinajstić information content (AvgIpc) is 3.38. The van der Waals surface area contributed by atoms with Crippen LogP contribution in [0.4, 0.5) is 0 Å². The number of Topliss-reactive ketones (excluding diaryl/α,β-unsaturated/α-hetero) is 1. The van der Waals surface area contributed by atoms with Crippen molar-refractivity contribution in [2.45, 2.75) is 74.0 Å². The number of carbonyl (C=O) groups excluding carboxylic acids is 1. The minimum absolute atomic E-state index is 0.0911. The molecule has 0 aromatic heterocycles. The van der Waals surface area contributed by atoms with Crippen molar-refractivity contribution in [1.29, 1.82) is 0 Å². The zero-order valence-electron chi connectivity index (χ0n) is 25.2. The number of rotatable bonds is 4. The molecule has 40 heavy (non-hydrogen) atoms. The summed E-state index contributed by atoms with van der Waals surface area (Å²) in [5.41, 5.74) is 12.3. The van der Waals surface area contributed by atoms with Gasteiger partial charge in [-0.15, -0.1) is 0 Å². The van der Waals surface area contributed by atoms with Crippen molar-refractivity contribution in [2.75, 3.05) is 0 Å². The van der Waals surface area contributed by atoms with Crippen LogP contribution in [0.1, 0.15) is 61.8 Å². The maximum absolute atomic E-state index is 13.8. The lowest BCUT2D eigenvalue weighted by Gasteiger charge is -2.26. The number of hydrogen-bond acceptors (Lipinski definition) is 3. The standard InChI is InChI=1S/C37H44O3/c1-19(2)25-11-12-27-23(7)16-31(29(27)15-22(6)13-25)33-35(38)34(37(40)36(33)39)32-17-24(8)28-18-26(20(3)4)10-9-21(5)14-30(28)32/h9-11,13-20,30,33-36,38-39H,12H2,1-8H3/b10-9-,21-14-,22-13-,25-11+,26-18?,29-15+. The topological polar surface area (TPSA) is 57.5 Å². The molecule has 5 aliphatic rings. The molecular formula is C37H44O3. The SMILES string of the molecule is CC1=C2C\C=C(C(C)C)/C=C(C)\C=C/2C(C2C(O)C(=O)C(C3=CC(C)=C4C=C(C(C)C)/C=C\C(C)=C/C34)C2O)=C1. The second-order valence-electron chi connectivity index (χ2n) is 12.9. The molecule has 5 aliphatic carbocycles. The highest BCUT2D eigenvalue weighted by Crippen LogP contribution is 2.50. The summed E-state index contributed by atoms with van der Waals surface area (Å²) in [5, 5.41) is 23.3. The Hall–Kier alpha value is -3.01. The number of aliphatic hydroxyl groups is 2. The fourth-order valence-corrected chi connectivity index (χ4v) is 7.01. The van der Waals surface area contributed by atoms with Crippen LogP contribution in [0.25, 0.3) is 0 Å². The van der Waals surface area contributed by atoms with Crippen LogP contribution < -0.4 is 0 Å². The van der Waals surface area contributed by atoms with E-state index in [-0.39, 0.29) is 11.7 Å². The van der Waals surface area contributed by atoms with E-state index < -0.39 is 24.0 Å². The molecule has 0 amide bonds. The summed E-state index contributed by atoms with van der Waals surface area (Å²) >= 11 is 0. The molecule has 0 aromatic rings. The van der Waals surface area contributed by atoms with Crippen LogP contribution in [0.2, 0.25) is 0 Å². The van der Waals surface area contributed by atoms with Gasteiger partial charge in [-0.2, -0.15) is 0 Å². The number of allylic oxidation sites excluding steroid dienone is 18. The van der Waals surface area contributed by atoms with E-state index in [0.29, 0.717) is 11.8 Å². The molecule has 0 saturated heterocycles. The van der Waals surface area contributed by atoms with E-state index >= 15 is 0 Å². The molecule has 1 saturated carbocycles. The van der Waals surface area contributed by atoms with Crippen LogP contribution in [0, 0.1) is 29.6 Å². The number of ketones is 1. The zero-order chi connectivity index (χ0) is 29.0. The van der Waals surface area contributed by atoms with Gasteiger partial charge in [0.1, 0.15) is 6.10 Å². The van der Waals surface area contributed by atoms with E-state index in [1.807, 2.05) is 0 Å². The molecule has 210 valence electrons. The molecule has 0 heterocycles. The van der Waals surface area contributed by atoms with Gasteiger partial charge in [0, 0.05) is 11.8 Å². The predicted octanol–water partition coefficient (Wildman–Crippen LogP) is 7.61. The third-order valence-electron chi connectivity index (χ3n) is 9.31. The van der Waals surface area contributed by atoms with Gasteiger partial charge in [-0.3, -0.25) is 4.79 Å². The van der Waals surface area contributed by atoms with Gasteiger partial charge in [0.15, 0.2) is 5.78 Å². The molecule has 0 aliphatic heterocycles. The number of aliphatic hydroxyl groups excluding tert-OH is 2. The van der Waals surface area contributed by atoms with Crippen LogP contribution in [0.15, 0.2) is 116 Å². The van der Waals surface area contributed by atoms with Crippen molar-refractivity contribution in [3.63, 3.8) is 0 Å². The molecule has 1 fully saturated rings. The average molecular weight is 537 g/mol. The van der Waals surface area contributed by atoms with Gasteiger partial charge in [0.2, 0.25) is 0 Å². The van der Waals surface area contributed by atoms with Gasteiger partial charge in [-0.05, 0) is 96.1 Å². The van der Waals surface area contributed by atoms with Gasteiger partial charge in [-0.1, -0.05) is 93.5 Å². The Morgan fingerprint density at radius 2 is 1.50 bits per heavy atom. The second kappa shape index (κ2) is 10.8. The molecule has 3 nitrogen and oxygen atoms in total. The molecule has 0 aromatic carbocycles. The summed E-state index contributed by atoms with van der Waals surface area (Å²) in [6.45, 7) is 17.2. The Morgan fingerprint density at radius 1 is 0.800 bits per heavy atom. The Labute approximate surface area is 240 Å². The van der Waals surface area contributed by atoms with Crippen molar-refractivity contribution in [3.05, 3.63) is 116 Å². The van der Waals surface area contributed by atoms with Gasteiger partial charge < -0.3 is 10.2 Å². The monoisotopic (exact) mass is 536 g/mol.